The third kappa shape index (κ3) is 8.28. The summed E-state index contributed by atoms with van der Waals surface area (Å²) in [5.41, 5.74) is 6.58. The van der Waals surface area contributed by atoms with Gasteiger partial charge in [0.2, 0.25) is 0 Å². The van der Waals surface area contributed by atoms with Gasteiger partial charge in [-0.25, -0.2) is 5.57 Å². The van der Waals surface area contributed by atoms with Crippen molar-refractivity contribution in [1.29, 1.82) is 0 Å². The molecule has 0 radical (unpaired) electrons. The number of hydrogen-bond acceptors (Lipinski definition) is 0. The van der Waals surface area contributed by atoms with E-state index in [1.54, 1.807) is 0 Å². The van der Waals surface area contributed by atoms with Crippen molar-refractivity contribution in [3.63, 3.8) is 0 Å². The predicted octanol–water partition coefficient (Wildman–Crippen LogP) is 2.88. The zero-order valence-electron chi connectivity index (χ0n) is 21.4. The Kier molecular flexibility index (Phi) is 12.6. The maximum Gasteiger partial charge on any atom is -0.0771 e. The number of aryl methyl sites for hydroxylation is 1. The van der Waals surface area contributed by atoms with Gasteiger partial charge in [-0.15, -0.1) is 45.3 Å². The van der Waals surface area contributed by atoms with Crippen LogP contribution >= 0.6 is 0 Å². The van der Waals surface area contributed by atoms with Gasteiger partial charge in [0.15, 0.2) is 0 Å². The second-order valence-electron chi connectivity index (χ2n) is 8.88. The molecule has 5 aromatic carbocycles. The average molecular weight is 601 g/mol. The zero-order chi connectivity index (χ0) is 24.6. The van der Waals surface area contributed by atoms with Crippen LogP contribution in [0.15, 0.2) is 121 Å². The van der Waals surface area contributed by atoms with Gasteiger partial charge in [-0.1, -0.05) is 86.5 Å². The van der Waals surface area contributed by atoms with Crippen LogP contribution in [0.25, 0.3) is 27.1 Å². The maximum absolute atomic E-state index is 3.39. The molecule has 1 aliphatic rings. The van der Waals surface area contributed by atoms with E-state index in [1.165, 1.54) is 73.6 Å². The van der Waals surface area contributed by atoms with Crippen LogP contribution < -0.4 is 24.8 Å². The molecule has 1 aliphatic carbocycles. The van der Waals surface area contributed by atoms with Crippen molar-refractivity contribution in [2.75, 3.05) is 0 Å². The van der Waals surface area contributed by atoms with Crippen LogP contribution in [0.5, 0.6) is 0 Å². The van der Waals surface area contributed by atoms with Crippen LogP contribution in [0.2, 0.25) is 0 Å². The van der Waals surface area contributed by atoms with Gasteiger partial charge in [0, 0.05) is 0 Å². The standard InChI is InChI=1S/C13H9.C13H13.C8H8.2ClH.Zr/c1-3-7-12-10(5-1)9-11-6-2-4-8-13(11)12;1-10-8-11(2)13(9-10)12-6-4-3-5-7-12;1-7-3-5-8(2)6-4-7;;;/h1-9H;3-7,9-10H,1-2H3;1,3-6H,2H3;2*1H;/q2*-1;;;;+2/p-2. The first-order valence-corrected chi connectivity index (χ1v) is 13.4. The van der Waals surface area contributed by atoms with Crippen molar-refractivity contribution in [2.24, 2.45) is 5.92 Å². The Balaban J connectivity index is 0.000000194. The molecular weight excluding hydrogens is 571 g/mol. The number of hydrogen-bond donors (Lipinski definition) is 0. The summed E-state index contributed by atoms with van der Waals surface area (Å²) in [4.78, 5) is 0. The molecule has 0 bridgehead atoms. The minimum atomic E-state index is 0. The van der Waals surface area contributed by atoms with Crippen molar-refractivity contribution in [1.82, 2.24) is 0 Å². The van der Waals surface area contributed by atoms with Crippen molar-refractivity contribution >= 4 is 30.8 Å². The first-order valence-electron chi connectivity index (χ1n) is 12.0. The van der Waals surface area contributed by atoms with E-state index in [4.69, 9.17) is 0 Å². The topological polar surface area (TPSA) is 0 Å². The molecule has 0 aliphatic heterocycles. The minimum absolute atomic E-state index is 0. The van der Waals surface area contributed by atoms with Crippen LogP contribution in [0.3, 0.4) is 0 Å². The molecule has 1 unspecified atom stereocenters. The van der Waals surface area contributed by atoms with Gasteiger partial charge in [-0.05, 0) is 0 Å². The third-order valence-electron chi connectivity index (χ3n) is 6.12. The Bertz CT molecular complexity index is 1420. The number of rotatable bonds is 2. The van der Waals surface area contributed by atoms with E-state index in [0.717, 1.165) is 0 Å². The van der Waals surface area contributed by atoms with Crippen LogP contribution in [0, 0.1) is 18.9 Å². The molecule has 0 heterocycles. The summed E-state index contributed by atoms with van der Waals surface area (Å²) in [6, 6.07) is 38.3. The smallest absolute Gasteiger partial charge is 0.0771 e. The molecular formula is C34H30Cl2Zr-2. The number of benzene rings is 4. The largest absolute Gasteiger partial charge is 1.00 e. The predicted molar refractivity (Wildman–Crippen MR) is 149 cm³/mol. The van der Waals surface area contributed by atoms with E-state index in [2.05, 4.69) is 140 Å². The fraction of sp³-hybridized carbons (Fsp3) is 0.118. The molecule has 37 heavy (non-hydrogen) atoms. The number of allylic oxidation sites excluding steroid dienone is 4. The SMILES string of the molecule is CC1=[C-]C(C)C=C1c1ccccc1.Cc1ccc([CH]=[Zr+2])cc1.[Cl-].[Cl-].c1ccc2c(c1)[cH-]c1ccccc12. The Labute approximate surface area is 248 Å². The van der Waals surface area contributed by atoms with Crippen molar-refractivity contribution in [3.8, 4) is 0 Å². The van der Waals surface area contributed by atoms with Gasteiger partial charge in [0.05, 0.1) is 0 Å². The molecule has 0 N–H and O–H groups in total. The molecule has 5 aromatic rings. The van der Waals surface area contributed by atoms with E-state index in [1.807, 2.05) is 6.07 Å². The van der Waals surface area contributed by atoms with Crippen molar-refractivity contribution in [2.45, 2.75) is 20.8 Å². The Morgan fingerprint density at radius 2 is 1.22 bits per heavy atom. The second-order valence-corrected chi connectivity index (χ2v) is 9.59. The normalized spacial score (nSPS) is 13.6. The van der Waals surface area contributed by atoms with Gasteiger partial charge in [0.1, 0.15) is 0 Å². The molecule has 6 rings (SSSR count). The van der Waals surface area contributed by atoms with E-state index in [0.29, 0.717) is 5.92 Å². The van der Waals surface area contributed by atoms with Crippen LogP contribution in [-0.4, -0.2) is 3.71 Å². The first kappa shape index (κ1) is 30.8. The summed E-state index contributed by atoms with van der Waals surface area (Å²) in [5, 5.41) is 5.39. The quantitative estimate of drug-likeness (QED) is 0.274. The fourth-order valence-corrected chi connectivity index (χ4v) is 4.81. The summed E-state index contributed by atoms with van der Waals surface area (Å²) in [6.45, 7) is 6.40. The summed E-state index contributed by atoms with van der Waals surface area (Å²) in [6.07, 6.45) is 5.66. The number of fused-ring (bicyclic) bond motifs is 3. The van der Waals surface area contributed by atoms with Crippen molar-refractivity contribution < 1.29 is 49.0 Å². The van der Waals surface area contributed by atoms with Gasteiger partial charge in [-0.3, -0.25) is 6.08 Å². The summed E-state index contributed by atoms with van der Waals surface area (Å²) >= 11 is 1.47. The summed E-state index contributed by atoms with van der Waals surface area (Å²) in [7, 11) is 0. The monoisotopic (exact) mass is 598 g/mol. The molecule has 0 saturated carbocycles. The van der Waals surface area contributed by atoms with E-state index < -0.39 is 0 Å². The van der Waals surface area contributed by atoms with Crippen LogP contribution in [0.4, 0.5) is 0 Å². The molecule has 0 nitrogen and oxygen atoms in total. The zero-order valence-corrected chi connectivity index (χ0v) is 25.4. The molecule has 0 amide bonds. The molecule has 0 saturated heterocycles. The molecule has 186 valence electrons. The first-order chi connectivity index (χ1) is 17.0. The van der Waals surface area contributed by atoms with E-state index >= 15 is 0 Å². The molecule has 0 spiro atoms. The van der Waals surface area contributed by atoms with Crippen LogP contribution in [0.1, 0.15) is 30.5 Å². The van der Waals surface area contributed by atoms with Crippen LogP contribution in [-0.2, 0) is 24.2 Å². The Morgan fingerprint density at radius 1 is 0.703 bits per heavy atom. The van der Waals surface area contributed by atoms with Gasteiger partial charge >= 0.3 is 70.3 Å². The molecule has 0 fully saturated rings. The molecule has 0 aromatic heterocycles. The van der Waals surface area contributed by atoms with Crippen molar-refractivity contribution in [3.05, 3.63) is 144 Å². The maximum atomic E-state index is 3.39. The van der Waals surface area contributed by atoms with Gasteiger partial charge in [0.25, 0.3) is 0 Å². The minimum Gasteiger partial charge on any atom is -1.00 e. The van der Waals surface area contributed by atoms with E-state index in [-0.39, 0.29) is 24.8 Å². The molecule has 3 heteroatoms. The third-order valence-corrected chi connectivity index (χ3v) is 6.94. The second kappa shape index (κ2) is 15.1. The fourth-order valence-electron chi connectivity index (χ4n) is 4.33. The average Bonchev–Trinajstić information content (AvgIpc) is 3.44. The van der Waals surface area contributed by atoms with Gasteiger partial charge < -0.3 is 24.8 Å². The molecule has 1 atom stereocenters. The summed E-state index contributed by atoms with van der Waals surface area (Å²) < 4.78 is 2.19. The summed E-state index contributed by atoms with van der Waals surface area (Å²) in [5.74, 6) is 0.468. The van der Waals surface area contributed by atoms with E-state index in [9.17, 15) is 0 Å². The number of halogens is 2. The van der Waals surface area contributed by atoms with Gasteiger partial charge in [-0.2, -0.15) is 11.6 Å². The Morgan fingerprint density at radius 3 is 1.70 bits per heavy atom. The Hall–Kier alpha value is -2.44.